The van der Waals surface area contributed by atoms with Crippen LogP contribution in [0, 0.1) is 0 Å². The molecule has 0 aromatic heterocycles. The van der Waals surface area contributed by atoms with Crippen molar-refractivity contribution in [3.05, 3.63) is 29.8 Å². The Bertz CT molecular complexity index is 408. The number of carbonyl (C=O) groups is 2. The molecule has 3 N–H and O–H groups in total. The minimum absolute atomic E-state index is 0.143. The molecule has 0 unspecified atom stereocenters. The van der Waals surface area contributed by atoms with Crippen LogP contribution >= 0.6 is 11.8 Å². The van der Waals surface area contributed by atoms with Gasteiger partial charge >= 0.3 is 6.03 Å². The van der Waals surface area contributed by atoms with Crippen molar-refractivity contribution in [3.63, 3.8) is 0 Å². The quantitative estimate of drug-likeness (QED) is 0.327. The molecular formula is C11H14N2O4S. The fourth-order valence-electron chi connectivity index (χ4n) is 1.15. The van der Waals surface area contributed by atoms with Crippen LogP contribution in [0.25, 0.3) is 0 Å². The number of imide groups is 1. The summed E-state index contributed by atoms with van der Waals surface area (Å²) in [7, 11) is 0. The molecule has 0 radical (unpaired) electrons. The Morgan fingerprint density at radius 2 is 2.00 bits per heavy atom. The lowest BCUT2D eigenvalue weighted by atomic mass is 10.2. The monoisotopic (exact) mass is 270 g/mol. The number of hydrogen-bond acceptors (Lipinski definition) is 5. The van der Waals surface area contributed by atoms with Gasteiger partial charge < -0.3 is 5.32 Å². The summed E-state index contributed by atoms with van der Waals surface area (Å²) in [6.07, 6.45) is 0. The minimum Gasteiger partial charge on any atom is -0.328 e. The Morgan fingerprint density at radius 1 is 1.33 bits per heavy atom. The summed E-state index contributed by atoms with van der Waals surface area (Å²) in [6.45, 7) is 1.42. The van der Waals surface area contributed by atoms with Crippen LogP contribution < -0.4 is 10.6 Å². The van der Waals surface area contributed by atoms with E-state index >= 15 is 0 Å². The van der Waals surface area contributed by atoms with Gasteiger partial charge in [0.1, 0.15) is 6.61 Å². The van der Waals surface area contributed by atoms with Crippen molar-refractivity contribution in [2.75, 3.05) is 5.88 Å². The average Bonchev–Trinajstić information content (AvgIpc) is 2.31. The zero-order valence-electron chi connectivity index (χ0n) is 9.80. The molecule has 0 saturated heterocycles. The molecule has 3 amide bonds. The van der Waals surface area contributed by atoms with E-state index in [1.165, 1.54) is 18.7 Å². The molecule has 1 aromatic rings. The van der Waals surface area contributed by atoms with E-state index in [4.69, 9.17) is 5.26 Å². The third kappa shape index (κ3) is 5.67. The maximum atomic E-state index is 11.1. The Kier molecular flexibility index (Phi) is 6.20. The van der Waals surface area contributed by atoms with Crippen LogP contribution in [-0.4, -0.2) is 23.1 Å². The van der Waals surface area contributed by atoms with Crippen molar-refractivity contribution in [2.45, 2.75) is 18.4 Å². The van der Waals surface area contributed by atoms with E-state index in [0.29, 0.717) is 5.88 Å². The second kappa shape index (κ2) is 7.70. The van der Waals surface area contributed by atoms with Crippen molar-refractivity contribution in [1.82, 2.24) is 10.6 Å². The molecule has 18 heavy (non-hydrogen) atoms. The number of amides is 3. The van der Waals surface area contributed by atoms with Gasteiger partial charge in [-0.25, -0.2) is 9.68 Å². The molecule has 0 fully saturated rings. The first-order valence-corrected chi connectivity index (χ1v) is 6.14. The first kappa shape index (κ1) is 14.5. The van der Waals surface area contributed by atoms with Crippen molar-refractivity contribution >= 4 is 23.7 Å². The molecule has 0 heterocycles. The van der Waals surface area contributed by atoms with Crippen LogP contribution in [-0.2, 0) is 16.3 Å². The zero-order chi connectivity index (χ0) is 13.4. The van der Waals surface area contributed by atoms with Gasteiger partial charge in [-0.3, -0.25) is 15.4 Å². The first-order valence-electron chi connectivity index (χ1n) is 5.15. The predicted molar refractivity (Wildman–Crippen MR) is 66.9 cm³/mol. The van der Waals surface area contributed by atoms with Crippen LogP contribution in [0.4, 0.5) is 4.79 Å². The highest BCUT2D eigenvalue weighted by Gasteiger charge is 2.02. The molecule has 0 aliphatic rings. The molecule has 0 aliphatic heterocycles. The number of rotatable bonds is 5. The fraction of sp³-hybridized carbons (Fsp3) is 0.273. The van der Waals surface area contributed by atoms with Crippen molar-refractivity contribution in [2.24, 2.45) is 0 Å². The van der Waals surface area contributed by atoms with Crippen LogP contribution in [0.1, 0.15) is 12.5 Å². The normalized spacial score (nSPS) is 9.89. The molecule has 0 spiro atoms. The van der Waals surface area contributed by atoms with Crippen LogP contribution in [0.5, 0.6) is 0 Å². The highest BCUT2D eigenvalue weighted by molar-refractivity contribution is 7.99. The van der Waals surface area contributed by atoms with Gasteiger partial charge in [0.25, 0.3) is 0 Å². The number of benzene rings is 1. The van der Waals surface area contributed by atoms with E-state index in [9.17, 15) is 9.59 Å². The largest absolute Gasteiger partial charge is 0.328 e. The molecule has 6 nitrogen and oxygen atoms in total. The van der Waals surface area contributed by atoms with Crippen LogP contribution in [0.15, 0.2) is 29.2 Å². The van der Waals surface area contributed by atoms with Crippen molar-refractivity contribution in [1.29, 1.82) is 0 Å². The van der Waals surface area contributed by atoms with Gasteiger partial charge in [-0.15, -0.1) is 11.8 Å². The average molecular weight is 270 g/mol. The maximum Gasteiger partial charge on any atom is 0.322 e. The summed E-state index contributed by atoms with van der Waals surface area (Å²) in [5.41, 5.74) is 0.851. The summed E-state index contributed by atoms with van der Waals surface area (Å²) in [6, 6.07) is 6.82. The third-order valence-corrected chi connectivity index (χ3v) is 2.81. The summed E-state index contributed by atoms with van der Waals surface area (Å²) in [5.74, 6) is -0.0412. The number of thioether (sulfide) groups is 1. The number of hydrogen-bond donors (Lipinski definition) is 3. The standard InChI is InChI=1S/C11H14N2O4S/c1-8(14)13-11(15)12-7-18-10-4-2-9(3-5-10)6-17-16/h2-5,16H,6-7H2,1H3,(H2,12,13,14,15). The predicted octanol–water partition coefficient (Wildman–Crippen LogP) is 1.57. The first-order chi connectivity index (χ1) is 8.61. The number of nitrogens with one attached hydrogen (secondary N) is 2. The second-order valence-electron chi connectivity index (χ2n) is 3.39. The summed E-state index contributed by atoms with van der Waals surface area (Å²) in [5, 5.41) is 12.9. The molecular weight excluding hydrogens is 256 g/mol. The lowest BCUT2D eigenvalue weighted by molar-refractivity contribution is -0.253. The number of carbonyl (C=O) groups excluding carboxylic acids is 2. The SMILES string of the molecule is CC(=O)NC(=O)NCSc1ccc(COO)cc1. The molecule has 0 aliphatic carbocycles. The lowest BCUT2D eigenvalue weighted by Gasteiger charge is -2.05. The molecule has 0 atom stereocenters. The molecule has 1 aromatic carbocycles. The van der Waals surface area contributed by atoms with Gasteiger partial charge in [0.05, 0.1) is 5.88 Å². The van der Waals surface area contributed by atoms with E-state index in [2.05, 4.69) is 15.5 Å². The number of urea groups is 1. The van der Waals surface area contributed by atoms with E-state index in [-0.39, 0.29) is 6.61 Å². The van der Waals surface area contributed by atoms with Gasteiger partial charge in [0.2, 0.25) is 5.91 Å². The Hall–Kier alpha value is -1.57. The third-order valence-electron chi connectivity index (χ3n) is 1.92. The van der Waals surface area contributed by atoms with Crippen molar-refractivity contribution < 1.29 is 19.7 Å². The lowest BCUT2D eigenvalue weighted by Crippen LogP contribution is -2.37. The fourth-order valence-corrected chi connectivity index (χ4v) is 1.84. The van der Waals surface area contributed by atoms with Gasteiger partial charge in [-0.2, -0.15) is 0 Å². The Morgan fingerprint density at radius 3 is 2.56 bits per heavy atom. The second-order valence-corrected chi connectivity index (χ2v) is 4.44. The van der Waals surface area contributed by atoms with Gasteiger partial charge in [-0.05, 0) is 17.7 Å². The zero-order valence-corrected chi connectivity index (χ0v) is 10.6. The molecule has 0 saturated carbocycles. The summed E-state index contributed by atoms with van der Waals surface area (Å²) in [4.78, 5) is 26.6. The Balaban J connectivity index is 2.31. The van der Waals surface area contributed by atoms with E-state index in [0.717, 1.165) is 10.5 Å². The van der Waals surface area contributed by atoms with Crippen LogP contribution in [0.3, 0.4) is 0 Å². The maximum absolute atomic E-state index is 11.1. The van der Waals surface area contributed by atoms with E-state index in [1.54, 1.807) is 0 Å². The smallest absolute Gasteiger partial charge is 0.322 e. The molecule has 1 rings (SSSR count). The van der Waals surface area contributed by atoms with Crippen LogP contribution in [0.2, 0.25) is 0 Å². The molecule has 7 heteroatoms. The summed E-state index contributed by atoms with van der Waals surface area (Å²) >= 11 is 1.42. The summed E-state index contributed by atoms with van der Waals surface area (Å²) < 4.78 is 0. The van der Waals surface area contributed by atoms with Gasteiger partial charge in [-0.1, -0.05) is 12.1 Å². The minimum atomic E-state index is -0.514. The molecule has 98 valence electrons. The highest BCUT2D eigenvalue weighted by Crippen LogP contribution is 2.17. The van der Waals surface area contributed by atoms with Crippen molar-refractivity contribution in [3.8, 4) is 0 Å². The van der Waals surface area contributed by atoms with E-state index in [1.807, 2.05) is 24.3 Å². The highest BCUT2D eigenvalue weighted by atomic mass is 32.2. The Labute approximate surface area is 109 Å². The topological polar surface area (TPSA) is 87.7 Å². The van der Waals surface area contributed by atoms with Gasteiger partial charge in [0, 0.05) is 11.8 Å². The van der Waals surface area contributed by atoms with E-state index < -0.39 is 11.9 Å². The van der Waals surface area contributed by atoms with Gasteiger partial charge in [0.15, 0.2) is 0 Å². The molecule has 0 bridgehead atoms.